The summed E-state index contributed by atoms with van der Waals surface area (Å²) in [4.78, 5) is 115. The average Bonchev–Trinajstić information content (AvgIpc) is 0.791. The van der Waals surface area contributed by atoms with Crippen LogP contribution in [0.1, 0.15) is 110 Å². The van der Waals surface area contributed by atoms with Crippen LogP contribution in [-0.2, 0) is 43.2 Å². The van der Waals surface area contributed by atoms with E-state index in [-0.39, 0.29) is 104 Å². The Morgan fingerprint density at radius 2 is 0.345 bits per heavy atom. The van der Waals surface area contributed by atoms with Crippen molar-refractivity contribution < 1.29 is 206 Å². The second-order valence-corrected chi connectivity index (χ2v) is 33.7. The van der Waals surface area contributed by atoms with Crippen LogP contribution >= 0.6 is 0 Å². The number of carboxylic acid groups (broad SMARTS) is 6. The van der Waals surface area contributed by atoms with Gasteiger partial charge in [-0.3, -0.25) is 34.3 Å². The Kier molecular flexibility index (Phi) is 52.3. The topological polar surface area (TPSA) is 440 Å². The number of rotatable bonds is 21. The fourth-order valence-corrected chi connectivity index (χ4v) is 14.0. The number of methoxy groups -OCH3 is 6. The molecule has 18 aromatic rings. The Morgan fingerprint density at radius 3 is 0.466 bits per heavy atom. The number of fused-ring (bicyclic) bond motifs is 12. The first-order chi connectivity index (χ1) is 69.4. The summed E-state index contributed by atoms with van der Waals surface area (Å²) >= 11 is 0. The zero-order valence-electron chi connectivity index (χ0n) is 85.2. The van der Waals surface area contributed by atoms with Gasteiger partial charge in [-0.25, -0.2) is 0 Å². The van der Waals surface area contributed by atoms with E-state index in [1.54, 1.807) is 151 Å². The maximum absolute atomic E-state index is 10.8. The summed E-state index contributed by atoms with van der Waals surface area (Å²) in [5.41, 5.74) is 8.42. The molecule has 0 radical (unpaired) electrons. The predicted molar refractivity (Wildman–Crippen MR) is 560 cm³/mol. The zero-order valence-corrected chi connectivity index (χ0v) is 90.0. The summed E-state index contributed by atoms with van der Waals surface area (Å²) < 4.78 is 30.8. The monoisotopic (exact) mass is 2280 g/mol. The first-order valence-corrected chi connectivity index (χ1v) is 45.6. The largest absolute Gasteiger partial charge is 3.00 e. The van der Waals surface area contributed by atoms with Crippen LogP contribution in [0.25, 0.3) is 108 Å². The van der Waals surface area contributed by atoms with Crippen LogP contribution in [0.3, 0.4) is 0 Å². The number of pyridine rings is 4. The van der Waals surface area contributed by atoms with Gasteiger partial charge in [0.05, 0.1) is 64.7 Å². The summed E-state index contributed by atoms with van der Waals surface area (Å²) in [6.07, 6.45) is 9.46. The van der Waals surface area contributed by atoms with Crippen molar-refractivity contribution in [3.63, 3.8) is 0 Å². The van der Waals surface area contributed by atoms with Crippen molar-refractivity contribution in [1.29, 1.82) is 0 Å². The molecule has 0 unspecified atom stereocenters. The number of carbonyl (C=O) groups is 9. The minimum atomic E-state index is -1.06. The molecule has 0 saturated heterocycles. The number of aliphatic carboxylic acids is 6. The molecule has 766 valence electrons. The molecule has 18 rings (SSSR count). The average molecular weight is 2280 g/mol. The van der Waals surface area contributed by atoms with E-state index in [0.29, 0.717) is 0 Å². The van der Waals surface area contributed by atoms with Gasteiger partial charge in [0.1, 0.15) is 34.5 Å². The standard InChI is InChI=1S/6C14H14O3.2C12H8N2.3C3H7NO.2Eu.H2O/c6*1-9(14(15)16)10-3-4-12-8-13(17-2)6-5-11(12)7-10;2*1-3-9-5-6-10-4-2-8-14-12(10)11(9)13-7-1;3*1-4(2)3-5;;;/h6*3-9H,1-2H3,(H,15,16);2*1-8H;3*3H,1-2H3;;;1H2/q;;;;;;;;;;;2*+3;/p-6/t6*9-;;;;;;;;/m000000......../s1. The third-order valence-electron chi connectivity index (χ3n) is 22.9. The zero-order chi connectivity index (χ0) is 106. The number of aromatic nitrogens is 4. The van der Waals surface area contributed by atoms with Crippen LogP contribution in [0.15, 0.2) is 316 Å². The van der Waals surface area contributed by atoms with Crippen LogP contribution in [0, 0.1) is 98.8 Å². The molecular formula is C117H117Eu2N7O22. The van der Waals surface area contributed by atoms with Crippen molar-refractivity contribution in [1.82, 2.24) is 34.6 Å². The van der Waals surface area contributed by atoms with Gasteiger partial charge >= 0.3 is 98.8 Å². The number of carboxylic acids is 6. The van der Waals surface area contributed by atoms with Crippen LogP contribution in [-0.4, -0.2) is 180 Å². The van der Waals surface area contributed by atoms with Crippen molar-refractivity contribution in [3.05, 3.63) is 349 Å². The van der Waals surface area contributed by atoms with Gasteiger partial charge < -0.3 is 108 Å². The molecule has 0 aliphatic heterocycles. The van der Waals surface area contributed by atoms with Gasteiger partial charge in [-0.05, 0) is 195 Å². The molecule has 3 amide bonds. The molecule has 148 heavy (non-hydrogen) atoms. The van der Waals surface area contributed by atoms with Crippen molar-refractivity contribution in [2.75, 3.05) is 84.9 Å². The molecule has 6 atom stereocenters. The molecule has 0 bridgehead atoms. The van der Waals surface area contributed by atoms with Gasteiger partial charge in [0.15, 0.2) is 0 Å². The van der Waals surface area contributed by atoms with Crippen molar-refractivity contribution in [2.24, 2.45) is 0 Å². The molecule has 0 aliphatic rings. The number of amides is 3. The Morgan fingerprint density at radius 1 is 0.223 bits per heavy atom. The summed E-state index contributed by atoms with van der Waals surface area (Å²) in [6, 6.07) is 91.9. The molecular weight excluding hydrogens is 2160 g/mol. The third-order valence-corrected chi connectivity index (χ3v) is 22.9. The van der Waals surface area contributed by atoms with Crippen LogP contribution in [0.5, 0.6) is 34.5 Å². The van der Waals surface area contributed by atoms with Gasteiger partial charge in [-0.15, -0.1) is 0 Å². The van der Waals surface area contributed by atoms with Crippen molar-refractivity contribution in [3.8, 4) is 34.5 Å². The second-order valence-electron chi connectivity index (χ2n) is 33.7. The summed E-state index contributed by atoms with van der Waals surface area (Å²) in [5, 5.41) is 81.5. The van der Waals surface area contributed by atoms with Crippen molar-refractivity contribution >= 4 is 163 Å². The number of hydrogen-bond donors (Lipinski definition) is 0. The molecule has 0 fully saturated rings. The van der Waals surface area contributed by atoms with E-state index >= 15 is 0 Å². The predicted octanol–water partition coefficient (Wildman–Crippen LogP) is 14.1. The molecule has 2 N–H and O–H groups in total. The van der Waals surface area contributed by atoms with Gasteiger partial charge in [0.2, 0.25) is 19.2 Å². The fraction of sp³-hybridized carbons (Fsp3) is 0.205. The number of nitrogens with zero attached hydrogens (tertiary/aromatic N) is 7. The Hall–Kier alpha value is -14.6. The molecule has 0 aliphatic carbocycles. The van der Waals surface area contributed by atoms with E-state index in [2.05, 4.69) is 68.5 Å². The van der Waals surface area contributed by atoms with Crippen LogP contribution in [0.2, 0.25) is 0 Å². The molecule has 31 heteroatoms. The SMILES string of the molecule is CN(C)C=O.CN(C)C=O.CN(C)C=O.COc1ccc2cc([C@H](C)C(=O)[O-])ccc2c1.COc1ccc2cc([C@H](C)C(=O)[O-])ccc2c1.COc1ccc2cc([C@H](C)C(=O)[O-])ccc2c1.COc1ccc2cc([C@H](C)C(=O)[O-])ccc2c1.COc1ccc2cc([C@H](C)C(=O)[O-])ccc2c1.COc1ccc2cc([C@H](C)C(=O)[O-])ccc2c1.O.[Eu+3].[Eu+3].c1cnc2c(c1)ccc1cccnc12.c1cnc2c(c1)ccc1cccnc12. The number of carbonyl (C=O) groups excluding carboxylic acids is 9. The van der Waals surface area contributed by atoms with E-state index in [1.807, 2.05) is 243 Å². The molecule has 29 nitrogen and oxygen atoms in total. The second kappa shape index (κ2) is 62.4. The van der Waals surface area contributed by atoms with E-state index in [9.17, 15) is 73.8 Å². The molecule has 4 aromatic heterocycles. The van der Waals surface area contributed by atoms with Gasteiger partial charge in [0.25, 0.3) is 0 Å². The first kappa shape index (κ1) is 124. The molecule has 4 heterocycles. The van der Waals surface area contributed by atoms with E-state index in [1.165, 1.54) is 14.7 Å². The smallest absolute Gasteiger partial charge is 0.550 e. The van der Waals surface area contributed by atoms with Crippen molar-refractivity contribution in [2.45, 2.75) is 77.0 Å². The van der Waals surface area contributed by atoms with Crippen LogP contribution < -0.4 is 59.1 Å². The third kappa shape index (κ3) is 37.1. The fourth-order valence-electron chi connectivity index (χ4n) is 14.0. The molecule has 14 aromatic carbocycles. The first-order valence-electron chi connectivity index (χ1n) is 45.6. The molecule has 0 saturated carbocycles. The Bertz CT molecular complexity index is 6450. The normalized spacial score (nSPS) is 11.3. The minimum absolute atomic E-state index is 0. The van der Waals surface area contributed by atoms with Gasteiger partial charge in [-0.1, -0.05) is 236 Å². The Balaban J connectivity index is 0.000000291. The Labute approximate surface area is 940 Å². The van der Waals surface area contributed by atoms with E-state index < -0.39 is 71.3 Å². The molecule has 0 spiro atoms. The van der Waals surface area contributed by atoms with Gasteiger partial charge in [-0.2, -0.15) is 0 Å². The van der Waals surface area contributed by atoms with Crippen LogP contribution in [0.4, 0.5) is 0 Å². The van der Waals surface area contributed by atoms with E-state index in [0.717, 1.165) is 195 Å². The quantitative estimate of drug-likeness (QED) is 0.0476. The summed E-state index contributed by atoms with van der Waals surface area (Å²) in [7, 11) is 19.8. The number of benzene rings is 14. The maximum Gasteiger partial charge on any atom is 3.00 e. The number of ether oxygens (including phenoxy) is 6. The summed E-state index contributed by atoms with van der Waals surface area (Å²) in [6.45, 7) is 9.75. The van der Waals surface area contributed by atoms with E-state index in [4.69, 9.17) is 28.4 Å². The summed E-state index contributed by atoms with van der Waals surface area (Å²) in [5.74, 6) is -5.18. The minimum Gasteiger partial charge on any atom is -0.550 e. The van der Waals surface area contributed by atoms with Gasteiger partial charge in [0, 0.05) is 160 Å². The number of hydrogen-bond acceptors (Lipinski definition) is 25. The maximum atomic E-state index is 10.8.